The monoisotopic (exact) mass is 519 g/mol. The maximum absolute atomic E-state index is 13.1. The van der Waals surface area contributed by atoms with Gasteiger partial charge in [0.15, 0.2) is 5.82 Å². The smallest absolute Gasteiger partial charge is 0.416 e. The minimum absolute atomic E-state index is 0.0480. The van der Waals surface area contributed by atoms with Crippen LogP contribution >= 0.6 is 11.6 Å². The van der Waals surface area contributed by atoms with Crippen molar-refractivity contribution in [2.75, 3.05) is 23.7 Å². The summed E-state index contributed by atoms with van der Waals surface area (Å²) in [4.78, 5) is 8.53. The normalized spacial score (nSPS) is 14.7. The number of hydrogen-bond donors (Lipinski definition) is 3. The lowest BCUT2D eigenvalue weighted by Gasteiger charge is -2.26. The fourth-order valence-corrected chi connectivity index (χ4v) is 4.41. The lowest BCUT2D eigenvalue weighted by atomic mass is 9.87. The van der Waals surface area contributed by atoms with E-state index in [0.29, 0.717) is 23.2 Å². The highest BCUT2D eigenvalue weighted by Crippen LogP contribution is 2.38. The molecule has 2 aromatic carbocycles. The molecule has 4 rings (SSSR count). The van der Waals surface area contributed by atoms with E-state index >= 15 is 0 Å². The Bertz CT molecular complexity index is 1210. The molecule has 0 spiro atoms. The maximum Gasteiger partial charge on any atom is 0.416 e. The number of halogens is 4. The van der Waals surface area contributed by atoms with Gasteiger partial charge in [-0.25, -0.2) is 4.98 Å². The van der Waals surface area contributed by atoms with E-state index in [1.54, 1.807) is 0 Å². The number of rotatable bonds is 7. The highest BCUT2D eigenvalue weighted by atomic mass is 35.5. The molecule has 1 fully saturated rings. The number of piperidine rings is 1. The molecule has 1 aliphatic heterocycles. The van der Waals surface area contributed by atoms with E-state index in [-0.39, 0.29) is 22.8 Å². The number of benzene rings is 2. The predicted octanol–water partition coefficient (Wildman–Crippen LogP) is 7.20. The fraction of sp³-hybridized carbons (Fsp3) is 0.385. The lowest BCUT2D eigenvalue weighted by Crippen LogP contribution is -2.27. The molecule has 36 heavy (non-hydrogen) atoms. The zero-order valence-corrected chi connectivity index (χ0v) is 21.1. The summed E-state index contributed by atoms with van der Waals surface area (Å²) in [6.45, 7) is 7.97. The molecule has 0 aliphatic carbocycles. The zero-order valence-electron chi connectivity index (χ0n) is 20.3. The van der Waals surface area contributed by atoms with Gasteiger partial charge in [0, 0.05) is 5.69 Å². The van der Waals surface area contributed by atoms with E-state index in [0.717, 1.165) is 43.6 Å². The molecule has 3 N–H and O–H groups in total. The molecule has 3 aromatic rings. The Balaban J connectivity index is 1.62. The molecule has 10 heteroatoms. The van der Waals surface area contributed by atoms with Gasteiger partial charge >= 0.3 is 6.18 Å². The second-order valence-electron chi connectivity index (χ2n) is 9.11. The van der Waals surface area contributed by atoms with Crippen LogP contribution in [-0.2, 0) is 6.18 Å². The molecule has 6 nitrogen and oxygen atoms in total. The molecule has 0 amide bonds. The molecule has 1 aliphatic rings. The third-order valence-corrected chi connectivity index (χ3v) is 6.23. The molecule has 1 saturated heterocycles. The molecular formula is C26H29ClF3N5O. The molecular weight excluding hydrogens is 491 g/mol. The van der Waals surface area contributed by atoms with Gasteiger partial charge in [0.1, 0.15) is 10.8 Å². The second-order valence-corrected chi connectivity index (χ2v) is 9.52. The van der Waals surface area contributed by atoms with Crippen LogP contribution in [0.1, 0.15) is 49.3 Å². The molecule has 0 radical (unpaired) electrons. The van der Waals surface area contributed by atoms with E-state index in [1.807, 2.05) is 19.9 Å². The third kappa shape index (κ3) is 6.39. The largest absolute Gasteiger partial charge is 0.489 e. The summed E-state index contributed by atoms with van der Waals surface area (Å²) in [5.74, 6) is 1.56. The number of ether oxygens (including phenoxy) is 1. The van der Waals surface area contributed by atoms with Crippen LogP contribution in [0.3, 0.4) is 0 Å². The van der Waals surface area contributed by atoms with Crippen molar-refractivity contribution in [2.24, 2.45) is 0 Å². The minimum atomic E-state index is -4.45. The molecule has 0 unspecified atom stereocenters. The van der Waals surface area contributed by atoms with Crippen molar-refractivity contribution in [2.45, 2.75) is 51.8 Å². The number of aromatic nitrogens is 2. The van der Waals surface area contributed by atoms with E-state index in [2.05, 4.69) is 38.9 Å². The van der Waals surface area contributed by atoms with Crippen molar-refractivity contribution in [1.29, 1.82) is 0 Å². The third-order valence-electron chi connectivity index (χ3n) is 5.95. The van der Waals surface area contributed by atoms with E-state index in [1.165, 1.54) is 23.9 Å². The van der Waals surface area contributed by atoms with Gasteiger partial charge in [0.05, 0.1) is 23.6 Å². The van der Waals surface area contributed by atoms with Crippen LogP contribution in [0.25, 0.3) is 0 Å². The number of hydrogen-bond acceptors (Lipinski definition) is 6. The number of nitrogens with zero attached hydrogens (tertiary/aromatic N) is 2. The predicted molar refractivity (Wildman–Crippen MR) is 137 cm³/mol. The first-order valence-electron chi connectivity index (χ1n) is 11.9. The summed E-state index contributed by atoms with van der Waals surface area (Å²) in [5.41, 5.74) is 2.54. The van der Waals surface area contributed by atoms with Crippen LogP contribution in [-0.4, -0.2) is 29.2 Å². The summed E-state index contributed by atoms with van der Waals surface area (Å²) < 4.78 is 45.3. The highest BCUT2D eigenvalue weighted by molar-refractivity contribution is 6.32. The summed E-state index contributed by atoms with van der Waals surface area (Å²) in [7, 11) is 0. The van der Waals surface area contributed by atoms with Crippen molar-refractivity contribution in [3.05, 3.63) is 64.3 Å². The van der Waals surface area contributed by atoms with Crippen LogP contribution < -0.4 is 20.7 Å². The highest BCUT2D eigenvalue weighted by Gasteiger charge is 2.30. The maximum atomic E-state index is 13.1. The van der Waals surface area contributed by atoms with Gasteiger partial charge in [0.2, 0.25) is 5.95 Å². The van der Waals surface area contributed by atoms with E-state index in [9.17, 15) is 13.2 Å². The average molecular weight is 520 g/mol. The van der Waals surface area contributed by atoms with Gasteiger partial charge in [-0.05, 0) is 94.1 Å². The van der Waals surface area contributed by atoms with E-state index < -0.39 is 11.7 Å². The Labute approximate surface area is 213 Å². The molecule has 0 saturated carbocycles. The van der Waals surface area contributed by atoms with Crippen LogP contribution in [0.4, 0.5) is 36.3 Å². The first kappa shape index (κ1) is 26.0. The van der Waals surface area contributed by atoms with Crippen LogP contribution in [0.15, 0.2) is 42.6 Å². The second kappa shape index (κ2) is 10.9. The SMILES string of the molecule is Cc1cc(Nc2nc(Nc3cccc(C(F)(F)F)c3)ncc2Cl)c(OC(C)C)cc1C1CCNCC1. The Kier molecular flexibility index (Phi) is 7.90. The first-order valence-corrected chi connectivity index (χ1v) is 12.2. The van der Waals surface area contributed by atoms with Gasteiger partial charge in [0.25, 0.3) is 0 Å². The average Bonchev–Trinajstić information content (AvgIpc) is 2.83. The van der Waals surface area contributed by atoms with Crippen molar-refractivity contribution in [1.82, 2.24) is 15.3 Å². The summed E-state index contributed by atoms with van der Waals surface area (Å²) in [6, 6.07) is 8.95. The fourth-order valence-electron chi connectivity index (χ4n) is 4.27. The molecule has 2 heterocycles. The topological polar surface area (TPSA) is 71.1 Å². The number of anilines is 4. The van der Waals surface area contributed by atoms with Crippen LogP contribution in [0.2, 0.25) is 5.02 Å². The summed E-state index contributed by atoms with van der Waals surface area (Å²) >= 11 is 6.37. The van der Waals surface area contributed by atoms with Crippen LogP contribution in [0.5, 0.6) is 5.75 Å². The van der Waals surface area contributed by atoms with Crippen molar-refractivity contribution < 1.29 is 17.9 Å². The zero-order chi connectivity index (χ0) is 25.9. The Morgan fingerprint density at radius 1 is 1.11 bits per heavy atom. The quantitative estimate of drug-likeness (QED) is 0.306. The summed E-state index contributed by atoms with van der Waals surface area (Å²) in [6.07, 6.45) is -0.968. The van der Waals surface area contributed by atoms with Crippen molar-refractivity contribution in [3.8, 4) is 5.75 Å². The van der Waals surface area contributed by atoms with Gasteiger partial charge < -0.3 is 20.7 Å². The first-order chi connectivity index (χ1) is 17.1. The van der Waals surface area contributed by atoms with Gasteiger partial charge in [-0.2, -0.15) is 18.2 Å². The number of alkyl halides is 3. The van der Waals surface area contributed by atoms with Crippen molar-refractivity contribution >= 4 is 34.7 Å². The van der Waals surface area contributed by atoms with Crippen LogP contribution in [0, 0.1) is 6.92 Å². The molecule has 1 aromatic heterocycles. The van der Waals surface area contributed by atoms with Gasteiger partial charge in [-0.1, -0.05) is 17.7 Å². The summed E-state index contributed by atoms with van der Waals surface area (Å²) in [5, 5.41) is 9.72. The lowest BCUT2D eigenvalue weighted by molar-refractivity contribution is -0.137. The Morgan fingerprint density at radius 2 is 1.86 bits per heavy atom. The van der Waals surface area contributed by atoms with Gasteiger partial charge in [-0.3, -0.25) is 0 Å². The van der Waals surface area contributed by atoms with Crippen molar-refractivity contribution in [3.63, 3.8) is 0 Å². The Morgan fingerprint density at radius 3 is 2.56 bits per heavy atom. The molecule has 192 valence electrons. The number of aryl methyl sites for hydroxylation is 1. The minimum Gasteiger partial charge on any atom is -0.489 e. The number of nitrogens with one attached hydrogen (secondary N) is 3. The van der Waals surface area contributed by atoms with Gasteiger partial charge in [-0.15, -0.1) is 0 Å². The molecule has 0 bridgehead atoms. The molecule has 0 atom stereocenters. The van der Waals surface area contributed by atoms with E-state index in [4.69, 9.17) is 16.3 Å². The standard InChI is InChI=1S/C26H29ClF3N5O/c1-15(2)36-23-13-20(17-7-9-31-10-8-17)16(3)11-22(23)34-24-21(27)14-32-25(35-24)33-19-6-4-5-18(12-19)26(28,29)30/h4-6,11-15,17,31H,7-10H2,1-3H3,(H2,32,33,34,35). The Hall–Kier alpha value is -3.04.